The van der Waals surface area contributed by atoms with Crippen LogP contribution in [0.15, 0.2) is 23.8 Å². The van der Waals surface area contributed by atoms with E-state index in [1.165, 1.54) is 70.5 Å². The third-order valence-electron chi connectivity index (χ3n) is 17.1. The first-order chi connectivity index (χ1) is 23.2. The normalized spacial score (nSPS) is 42.3. The molecule has 1 aliphatic heterocycles. The molecule has 0 bridgehead atoms. The largest absolute Gasteiger partial charge is 0.469 e. The minimum absolute atomic E-state index is 0.0629. The smallest absolute Gasteiger partial charge is 0.306 e. The van der Waals surface area contributed by atoms with Crippen LogP contribution in [0.1, 0.15) is 132 Å². The number of nitrogens with zero attached hydrogens (tertiary/aromatic N) is 1. The number of nitrogens with one attached hydrogen (secondary N) is 1. The Morgan fingerprint density at radius 1 is 0.980 bits per heavy atom. The number of fused-ring (bicyclic) bond motifs is 7. The molecule has 5 aliphatic carbocycles. The first-order valence-electron chi connectivity index (χ1n) is 20.3. The van der Waals surface area contributed by atoms with Gasteiger partial charge in [0.25, 0.3) is 0 Å². The molecule has 9 atom stereocenters. The van der Waals surface area contributed by atoms with Crippen molar-refractivity contribution >= 4 is 15.8 Å². The van der Waals surface area contributed by atoms with E-state index in [1.807, 2.05) is 0 Å². The molecule has 284 valence electrons. The highest BCUT2D eigenvalue weighted by molar-refractivity contribution is 7.91. The quantitative estimate of drug-likeness (QED) is 0.181. The third-order valence-corrected chi connectivity index (χ3v) is 18.7. The molecule has 0 radical (unpaired) electrons. The second kappa shape index (κ2) is 13.3. The van der Waals surface area contributed by atoms with Gasteiger partial charge in [-0.25, -0.2) is 8.42 Å². The van der Waals surface area contributed by atoms with Crippen molar-refractivity contribution in [3.8, 4) is 0 Å². The summed E-state index contributed by atoms with van der Waals surface area (Å²) in [6.07, 6.45) is 16.8. The van der Waals surface area contributed by atoms with Crippen molar-refractivity contribution in [3.63, 3.8) is 0 Å². The minimum atomic E-state index is -2.85. The van der Waals surface area contributed by atoms with E-state index in [2.05, 4.69) is 78.3 Å². The van der Waals surface area contributed by atoms with Gasteiger partial charge in [0.2, 0.25) is 0 Å². The Hall–Kier alpha value is -1.18. The first-order valence-corrected chi connectivity index (χ1v) is 22.2. The van der Waals surface area contributed by atoms with Crippen LogP contribution in [-0.4, -0.2) is 69.6 Å². The van der Waals surface area contributed by atoms with Crippen LogP contribution in [0, 0.1) is 56.7 Å². The summed E-state index contributed by atoms with van der Waals surface area (Å²) in [5, 5.41) is 4.22. The number of hydrogen-bond acceptors (Lipinski definition) is 6. The highest BCUT2D eigenvalue weighted by Crippen LogP contribution is 2.76. The average Bonchev–Trinajstić information content (AvgIpc) is 3.41. The molecule has 5 fully saturated rings. The van der Waals surface area contributed by atoms with Crippen LogP contribution in [0.3, 0.4) is 0 Å². The molecule has 4 saturated carbocycles. The van der Waals surface area contributed by atoms with Gasteiger partial charge in [0.05, 0.1) is 25.0 Å². The summed E-state index contributed by atoms with van der Waals surface area (Å²) in [6.45, 7) is 27.8. The van der Waals surface area contributed by atoms with Crippen LogP contribution in [0.4, 0.5) is 0 Å². The maximum absolute atomic E-state index is 12.1. The van der Waals surface area contributed by atoms with Crippen LogP contribution < -0.4 is 5.32 Å². The summed E-state index contributed by atoms with van der Waals surface area (Å²) in [7, 11) is -1.35. The van der Waals surface area contributed by atoms with Crippen LogP contribution in [0.25, 0.3) is 0 Å². The number of methoxy groups -OCH3 is 1. The number of esters is 1. The molecule has 1 N–H and O–H groups in total. The van der Waals surface area contributed by atoms with Gasteiger partial charge in [-0.15, -0.1) is 0 Å². The Morgan fingerprint density at radius 2 is 1.68 bits per heavy atom. The van der Waals surface area contributed by atoms with Gasteiger partial charge in [0, 0.05) is 31.7 Å². The maximum Gasteiger partial charge on any atom is 0.306 e. The molecule has 6 nitrogen and oxygen atoms in total. The minimum Gasteiger partial charge on any atom is -0.469 e. The van der Waals surface area contributed by atoms with E-state index in [0.717, 1.165) is 31.8 Å². The molecule has 6 aliphatic rings. The Kier molecular flexibility index (Phi) is 10.2. The van der Waals surface area contributed by atoms with Crippen LogP contribution in [0.5, 0.6) is 0 Å². The van der Waals surface area contributed by atoms with E-state index < -0.39 is 9.84 Å². The summed E-state index contributed by atoms with van der Waals surface area (Å²) in [5.74, 6) is 3.84. The zero-order chi connectivity index (χ0) is 36.5. The summed E-state index contributed by atoms with van der Waals surface area (Å²) in [6, 6.07) is 0. The number of ether oxygens (including phenoxy) is 1. The first kappa shape index (κ1) is 38.5. The monoisotopic (exact) mass is 713 g/mol. The molecule has 0 aromatic rings. The predicted molar refractivity (Wildman–Crippen MR) is 205 cm³/mol. The fourth-order valence-corrected chi connectivity index (χ4v) is 15.3. The van der Waals surface area contributed by atoms with Crippen molar-refractivity contribution in [2.45, 2.75) is 138 Å². The van der Waals surface area contributed by atoms with Gasteiger partial charge in [-0.1, -0.05) is 72.3 Å². The molecule has 1 saturated heterocycles. The van der Waals surface area contributed by atoms with E-state index >= 15 is 0 Å². The maximum atomic E-state index is 12.1. The lowest BCUT2D eigenvalue weighted by atomic mass is 9.33. The second-order valence-electron chi connectivity index (χ2n) is 20.3. The summed E-state index contributed by atoms with van der Waals surface area (Å²) in [5.41, 5.74) is 4.20. The summed E-state index contributed by atoms with van der Waals surface area (Å²) >= 11 is 0. The Bertz CT molecular complexity index is 1450. The van der Waals surface area contributed by atoms with E-state index in [-0.39, 0.29) is 22.3 Å². The lowest BCUT2D eigenvalue weighted by Gasteiger charge is -2.72. The van der Waals surface area contributed by atoms with Crippen molar-refractivity contribution < 1.29 is 17.9 Å². The van der Waals surface area contributed by atoms with Gasteiger partial charge in [0.15, 0.2) is 9.84 Å². The SMILES string of the molecule is C=C(C)C1CCC2(NCCN3CCS(=O)(=O)CC3)CCC3(C)C(CCC4C5(C)CC=C(CCC(C)(C)CC(=O)OC)C(C)(C)C5CCC43C)C12. The van der Waals surface area contributed by atoms with Crippen molar-refractivity contribution in [2.75, 3.05) is 44.8 Å². The predicted octanol–water partition coefficient (Wildman–Crippen LogP) is 8.62. The number of rotatable bonds is 10. The summed E-state index contributed by atoms with van der Waals surface area (Å²) in [4.78, 5) is 14.5. The standard InChI is InChI=1S/C43H72N2O4S/c1-30(2)32-15-20-43(44-23-24-45-25-27-50(47,48)28-26-45)22-21-41(8)33(37(32)43)11-12-35-40(7)18-14-31(13-17-38(3,4)29-36(46)49-10)39(5,6)34(40)16-19-42(35,41)9/h14,32-35,37,44H,1,11-13,15-29H2,2-10H3. The molecule has 0 spiro atoms. The van der Waals surface area contributed by atoms with Crippen LogP contribution >= 0.6 is 0 Å². The Labute approximate surface area is 306 Å². The zero-order valence-electron chi connectivity index (χ0n) is 33.4. The number of sulfone groups is 1. The molecule has 0 aromatic heterocycles. The van der Waals surface area contributed by atoms with Gasteiger partial charge in [-0.2, -0.15) is 0 Å². The van der Waals surface area contributed by atoms with Crippen molar-refractivity contribution in [2.24, 2.45) is 56.7 Å². The van der Waals surface area contributed by atoms with Gasteiger partial charge >= 0.3 is 5.97 Å². The van der Waals surface area contributed by atoms with E-state index in [4.69, 9.17) is 4.74 Å². The molecular weight excluding hydrogens is 641 g/mol. The molecule has 9 unspecified atom stereocenters. The van der Waals surface area contributed by atoms with Gasteiger partial charge < -0.3 is 15.0 Å². The van der Waals surface area contributed by atoms with E-state index in [9.17, 15) is 13.2 Å². The third kappa shape index (κ3) is 6.41. The molecule has 0 amide bonds. The fraction of sp³-hybridized carbons (Fsp3) is 0.884. The topological polar surface area (TPSA) is 75.7 Å². The van der Waals surface area contributed by atoms with Crippen molar-refractivity contribution in [1.82, 2.24) is 10.2 Å². The molecule has 0 aromatic carbocycles. The highest BCUT2D eigenvalue weighted by Gasteiger charge is 2.70. The zero-order valence-corrected chi connectivity index (χ0v) is 34.2. The lowest BCUT2D eigenvalue weighted by molar-refractivity contribution is -0.221. The molecular formula is C43H72N2O4S. The van der Waals surface area contributed by atoms with Gasteiger partial charge in [-0.05, 0) is 134 Å². The van der Waals surface area contributed by atoms with Crippen molar-refractivity contribution in [1.29, 1.82) is 0 Å². The van der Waals surface area contributed by atoms with Gasteiger partial charge in [0.1, 0.15) is 0 Å². The van der Waals surface area contributed by atoms with Crippen molar-refractivity contribution in [3.05, 3.63) is 23.8 Å². The summed E-state index contributed by atoms with van der Waals surface area (Å²) < 4.78 is 29.1. The van der Waals surface area contributed by atoms with Crippen LogP contribution in [0.2, 0.25) is 0 Å². The molecule has 6 rings (SSSR count). The van der Waals surface area contributed by atoms with Gasteiger partial charge in [-0.3, -0.25) is 4.79 Å². The van der Waals surface area contributed by atoms with E-state index in [0.29, 0.717) is 70.9 Å². The lowest BCUT2D eigenvalue weighted by Crippen LogP contribution is -2.68. The van der Waals surface area contributed by atoms with E-state index in [1.54, 1.807) is 5.57 Å². The Balaban J connectivity index is 1.21. The number of allylic oxidation sites excluding steroid dienone is 3. The number of carbonyl (C=O) groups excluding carboxylic acids is 1. The number of hydrogen-bond donors (Lipinski definition) is 1. The molecule has 7 heteroatoms. The van der Waals surface area contributed by atoms with Crippen LogP contribution in [-0.2, 0) is 19.4 Å². The number of carbonyl (C=O) groups is 1. The Morgan fingerprint density at radius 3 is 2.34 bits per heavy atom. The molecule has 1 heterocycles. The highest BCUT2D eigenvalue weighted by atomic mass is 32.2. The molecule has 50 heavy (non-hydrogen) atoms. The average molecular weight is 713 g/mol. The second-order valence-corrected chi connectivity index (χ2v) is 22.6. The fourth-order valence-electron chi connectivity index (χ4n) is 14.0.